The first kappa shape index (κ1) is 16.0. The molecule has 2 aromatic rings. The van der Waals surface area contributed by atoms with Gasteiger partial charge in [-0.15, -0.1) is 0 Å². The molecule has 2 aromatic carbocycles. The summed E-state index contributed by atoms with van der Waals surface area (Å²) in [7, 11) is 0. The third kappa shape index (κ3) is 4.60. The Kier molecular flexibility index (Phi) is 5.55. The summed E-state index contributed by atoms with van der Waals surface area (Å²) >= 11 is 5.89. The highest BCUT2D eigenvalue weighted by molar-refractivity contribution is 6.32. The Hall–Kier alpha value is -2.34. The summed E-state index contributed by atoms with van der Waals surface area (Å²) in [5.74, 6) is -0.287. The van der Waals surface area contributed by atoms with Gasteiger partial charge >= 0.3 is 6.61 Å². The van der Waals surface area contributed by atoms with E-state index in [1.54, 1.807) is 30.3 Å². The maximum atomic E-state index is 12.3. The summed E-state index contributed by atoms with van der Waals surface area (Å²) in [4.78, 5) is 11.8. The molecule has 0 aliphatic carbocycles. The number of benzene rings is 2. The maximum absolute atomic E-state index is 12.3. The lowest BCUT2D eigenvalue weighted by molar-refractivity contribution is -0.118. The molecule has 4 nitrogen and oxygen atoms in total. The zero-order chi connectivity index (χ0) is 15.9. The molecule has 0 bridgehead atoms. The molecule has 1 N–H and O–H groups in total. The molecule has 0 unspecified atom stereocenters. The molecule has 7 heteroatoms. The van der Waals surface area contributed by atoms with Crippen LogP contribution in [0.1, 0.15) is 0 Å². The second kappa shape index (κ2) is 7.61. The number of amides is 1. The van der Waals surface area contributed by atoms with E-state index in [9.17, 15) is 13.6 Å². The van der Waals surface area contributed by atoms with Gasteiger partial charge in [-0.3, -0.25) is 4.79 Å². The molecule has 0 heterocycles. The monoisotopic (exact) mass is 327 g/mol. The molecule has 0 spiro atoms. The van der Waals surface area contributed by atoms with E-state index in [1.165, 1.54) is 18.2 Å². The predicted molar refractivity (Wildman–Crippen MR) is 78.7 cm³/mol. The first-order chi connectivity index (χ1) is 10.6. The SMILES string of the molecule is O=C(COc1ccccc1Cl)Nc1ccccc1OC(F)F. The Bertz CT molecular complexity index is 652. The average Bonchev–Trinajstić information content (AvgIpc) is 2.48. The van der Waals surface area contributed by atoms with Crippen LogP contribution in [0.15, 0.2) is 48.5 Å². The van der Waals surface area contributed by atoms with Crippen LogP contribution >= 0.6 is 11.6 Å². The number of hydrogen-bond donors (Lipinski definition) is 1. The van der Waals surface area contributed by atoms with E-state index in [4.69, 9.17) is 16.3 Å². The number of anilines is 1. The van der Waals surface area contributed by atoms with E-state index < -0.39 is 12.5 Å². The first-order valence-corrected chi connectivity index (χ1v) is 6.65. The van der Waals surface area contributed by atoms with Crippen LogP contribution in [0.5, 0.6) is 11.5 Å². The molecule has 0 aromatic heterocycles. The van der Waals surface area contributed by atoms with E-state index >= 15 is 0 Å². The summed E-state index contributed by atoms with van der Waals surface area (Å²) < 4.78 is 34.1. The molecule has 0 radical (unpaired) electrons. The minimum absolute atomic E-state index is 0.122. The third-order valence-corrected chi connectivity index (χ3v) is 2.88. The standard InChI is InChI=1S/C15H12ClF2NO3/c16-10-5-1-3-7-12(10)21-9-14(20)19-11-6-2-4-8-13(11)22-15(17)18/h1-8,15H,9H2,(H,19,20). The molecule has 0 saturated carbocycles. The van der Waals surface area contributed by atoms with Crippen molar-refractivity contribution in [1.82, 2.24) is 0 Å². The van der Waals surface area contributed by atoms with Gasteiger partial charge in [0.15, 0.2) is 6.61 Å². The number of carbonyl (C=O) groups is 1. The number of carbonyl (C=O) groups excluding carboxylic acids is 1. The largest absolute Gasteiger partial charge is 0.482 e. The van der Waals surface area contributed by atoms with Gasteiger partial charge in [-0.2, -0.15) is 8.78 Å². The molecule has 0 atom stereocenters. The summed E-state index contributed by atoms with van der Waals surface area (Å²) in [6.07, 6.45) is 0. The maximum Gasteiger partial charge on any atom is 0.387 e. The topological polar surface area (TPSA) is 47.6 Å². The highest BCUT2D eigenvalue weighted by Gasteiger charge is 2.12. The molecule has 116 valence electrons. The van der Waals surface area contributed by atoms with Gasteiger partial charge in [-0.05, 0) is 24.3 Å². The molecule has 1 amide bonds. The van der Waals surface area contributed by atoms with Crippen molar-refractivity contribution in [3.8, 4) is 11.5 Å². The fourth-order valence-electron chi connectivity index (χ4n) is 1.66. The normalized spacial score (nSPS) is 10.4. The van der Waals surface area contributed by atoms with Crippen molar-refractivity contribution in [2.24, 2.45) is 0 Å². The fourth-order valence-corrected chi connectivity index (χ4v) is 1.85. The minimum Gasteiger partial charge on any atom is -0.482 e. The van der Waals surface area contributed by atoms with E-state index in [0.717, 1.165) is 0 Å². The van der Waals surface area contributed by atoms with E-state index in [0.29, 0.717) is 10.8 Å². The summed E-state index contributed by atoms with van der Waals surface area (Å²) in [5, 5.41) is 2.81. The zero-order valence-corrected chi connectivity index (χ0v) is 12.0. The first-order valence-electron chi connectivity index (χ1n) is 6.27. The lowest BCUT2D eigenvalue weighted by Crippen LogP contribution is -2.21. The van der Waals surface area contributed by atoms with Crippen molar-refractivity contribution in [2.75, 3.05) is 11.9 Å². The van der Waals surface area contributed by atoms with Gasteiger partial charge in [-0.25, -0.2) is 0 Å². The Balaban J connectivity index is 1.96. The van der Waals surface area contributed by atoms with Gasteiger partial charge in [0.25, 0.3) is 5.91 Å². The van der Waals surface area contributed by atoms with Crippen molar-refractivity contribution in [3.63, 3.8) is 0 Å². The second-order valence-corrected chi connectivity index (χ2v) is 4.55. The lowest BCUT2D eigenvalue weighted by Gasteiger charge is -2.12. The van der Waals surface area contributed by atoms with Crippen molar-refractivity contribution in [1.29, 1.82) is 0 Å². The van der Waals surface area contributed by atoms with Crippen LogP contribution in [0.4, 0.5) is 14.5 Å². The Morgan fingerprint density at radius 3 is 2.41 bits per heavy atom. The fraction of sp³-hybridized carbons (Fsp3) is 0.133. The van der Waals surface area contributed by atoms with Crippen LogP contribution in [0, 0.1) is 0 Å². The number of hydrogen-bond acceptors (Lipinski definition) is 3. The van der Waals surface area contributed by atoms with Crippen LogP contribution in [0.3, 0.4) is 0 Å². The van der Waals surface area contributed by atoms with Gasteiger partial charge in [0.05, 0.1) is 10.7 Å². The number of para-hydroxylation sites is 3. The number of alkyl halides is 2. The van der Waals surface area contributed by atoms with Crippen LogP contribution < -0.4 is 14.8 Å². The van der Waals surface area contributed by atoms with Crippen molar-refractivity contribution in [3.05, 3.63) is 53.6 Å². The second-order valence-electron chi connectivity index (χ2n) is 4.14. The smallest absolute Gasteiger partial charge is 0.387 e. The molecule has 22 heavy (non-hydrogen) atoms. The molecule has 0 saturated heterocycles. The summed E-state index contributed by atoms with van der Waals surface area (Å²) in [5.41, 5.74) is 0.135. The Morgan fingerprint density at radius 2 is 1.73 bits per heavy atom. The van der Waals surface area contributed by atoms with Gasteiger partial charge in [-0.1, -0.05) is 35.9 Å². The van der Waals surface area contributed by atoms with Crippen molar-refractivity contribution < 1.29 is 23.0 Å². The van der Waals surface area contributed by atoms with Crippen LogP contribution in [0.2, 0.25) is 5.02 Å². The number of nitrogens with one attached hydrogen (secondary N) is 1. The highest BCUT2D eigenvalue weighted by atomic mass is 35.5. The summed E-state index contributed by atoms with van der Waals surface area (Å²) in [6.45, 7) is -3.29. The van der Waals surface area contributed by atoms with Crippen LogP contribution in [0.25, 0.3) is 0 Å². The average molecular weight is 328 g/mol. The van der Waals surface area contributed by atoms with Gasteiger partial charge in [0, 0.05) is 0 Å². The van der Waals surface area contributed by atoms with Crippen LogP contribution in [-0.2, 0) is 4.79 Å². The summed E-state index contributed by atoms with van der Waals surface area (Å²) in [6, 6.07) is 12.6. The third-order valence-electron chi connectivity index (χ3n) is 2.57. The Labute approximate surface area is 130 Å². The zero-order valence-electron chi connectivity index (χ0n) is 11.3. The number of halogens is 3. The van der Waals surface area contributed by atoms with Gasteiger partial charge in [0.1, 0.15) is 11.5 Å². The van der Waals surface area contributed by atoms with E-state index in [1.807, 2.05) is 0 Å². The molecular formula is C15H12ClF2NO3. The molecule has 0 aliphatic rings. The highest BCUT2D eigenvalue weighted by Crippen LogP contribution is 2.26. The van der Waals surface area contributed by atoms with Crippen LogP contribution in [-0.4, -0.2) is 19.1 Å². The predicted octanol–water partition coefficient (Wildman–Crippen LogP) is 3.96. The quantitative estimate of drug-likeness (QED) is 0.873. The molecular weight excluding hydrogens is 316 g/mol. The van der Waals surface area contributed by atoms with E-state index in [-0.39, 0.29) is 18.0 Å². The van der Waals surface area contributed by atoms with E-state index in [2.05, 4.69) is 10.1 Å². The van der Waals surface area contributed by atoms with Gasteiger partial charge in [0.2, 0.25) is 0 Å². The Morgan fingerprint density at radius 1 is 1.09 bits per heavy atom. The number of ether oxygens (including phenoxy) is 2. The molecule has 2 rings (SSSR count). The van der Waals surface area contributed by atoms with Gasteiger partial charge < -0.3 is 14.8 Å². The molecule has 0 fully saturated rings. The van der Waals surface area contributed by atoms with Crippen molar-refractivity contribution >= 4 is 23.2 Å². The van der Waals surface area contributed by atoms with Crippen molar-refractivity contribution in [2.45, 2.75) is 6.61 Å². The minimum atomic E-state index is -2.97. The molecule has 0 aliphatic heterocycles. The lowest BCUT2D eigenvalue weighted by atomic mass is 10.3. The number of rotatable bonds is 6.